The molecule has 1 aromatic rings. The molecule has 0 bridgehead atoms. The zero-order valence-electron chi connectivity index (χ0n) is 17.4. The van der Waals surface area contributed by atoms with Crippen LogP contribution in [0.25, 0.3) is 0 Å². The first-order valence-corrected chi connectivity index (χ1v) is 10.3. The minimum absolute atomic E-state index is 0.0495. The molecule has 0 aromatic heterocycles. The van der Waals surface area contributed by atoms with Crippen molar-refractivity contribution in [2.75, 3.05) is 33.3 Å². The molecule has 2 rings (SSSR count). The van der Waals surface area contributed by atoms with Gasteiger partial charge in [0.05, 0.1) is 6.61 Å². The second-order valence-corrected chi connectivity index (χ2v) is 7.51. The molecule has 1 aliphatic rings. The smallest absolute Gasteiger partial charge is 0.367 e. The molecule has 164 valence electrons. The first-order chi connectivity index (χ1) is 13.9. The monoisotopic (exact) mass is 414 g/mol. The highest BCUT2D eigenvalue weighted by molar-refractivity contribution is 5.79. The first-order valence-electron chi connectivity index (χ1n) is 10.3. The van der Waals surface area contributed by atoms with Crippen LogP contribution in [-0.4, -0.2) is 56.4 Å². The van der Waals surface area contributed by atoms with Crippen LogP contribution >= 0.6 is 0 Å². The van der Waals surface area contributed by atoms with Crippen molar-refractivity contribution in [3.05, 3.63) is 35.4 Å². The Morgan fingerprint density at radius 1 is 1.17 bits per heavy atom. The highest BCUT2D eigenvalue weighted by atomic mass is 19.4. The van der Waals surface area contributed by atoms with Crippen LogP contribution in [0.15, 0.2) is 29.3 Å². The van der Waals surface area contributed by atoms with Crippen molar-refractivity contribution >= 4 is 5.96 Å². The molecule has 0 amide bonds. The molecular weight excluding hydrogens is 381 g/mol. The van der Waals surface area contributed by atoms with E-state index in [1.807, 2.05) is 12.1 Å². The van der Waals surface area contributed by atoms with Gasteiger partial charge in [0, 0.05) is 32.7 Å². The van der Waals surface area contributed by atoms with Gasteiger partial charge in [-0.25, -0.2) is 0 Å². The number of ether oxygens (including phenoxy) is 1. The highest BCUT2D eigenvalue weighted by Gasteiger charge is 2.27. The number of halogens is 3. The molecule has 1 fully saturated rings. The Morgan fingerprint density at radius 2 is 1.90 bits per heavy atom. The fourth-order valence-electron chi connectivity index (χ4n) is 3.42. The number of likely N-dealkylation sites (tertiary alicyclic amines) is 1. The van der Waals surface area contributed by atoms with Gasteiger partial charge in [-0.1, -0.05) is 30.7 Å². The maximum absolute atomic E-state index is 12.1. The van der Waals surface area contributed by atoms with E-state index in [1.165, 1.54) is 25.8 Å². The summed E-state index contributed by atoms with van der Waals surface area (Å²) in [6.07, 6.45) is 0.711. The fraction of sp³-hybridized carbons (Fsp3) is 0.667. The summed E-state index contributed by atoms with van der Waals surface area (Å²) in [7, 11) is 1.74. The maximum Gasteiger partial charge on any atom is 0.411 e. The van der Waals surface area contributed by atoms with E-state index in [4.69, 9.17) is 0 Å². The van der Waals surface area contributed by atoms with Crippen molar-refractivity contribution < 1.29 is 17.9 Å². The van der Waals surface area contributed by atoms with E-state index in [0.29, 0.717) is 18.2 Å². The molecule has 1 aromatic carbocycles. The summed E-state index contributed by atoms with van der Waals surface area (Å²) in [5, 5.41) is 6.59. The summed E-state index contributed by atoms with van der Waals surface area (Å²) >= 11 is 0. The van der Waals surface area contributed by atoms with Crippen molar-refractivity contribution in [2.45, 2.75) is 58.0 Å². The Bertz CT molecular complexity index is 619. The number of guanidine groups is 1. The zero-order valence-corrected chi connectivity index (χ0v) is 17.4. The SMILES string of the molecule is CN=C(NCCCN1CCCCC1C)NCc1ccc(COCC(F)(F)F)cc1. The quantitative estimate of drug-likeness (QED) is 0.368. The number of hydrogen-bond donors (Lipinski definition) is 2. The van der Waals surface area contributed by atoms with E-state index in [1.54, 1.807) is 19.2 Å². The molecule has 1 unspecified atom stereocenters. The Balaban J connectivity index is 1.64. The van der Waals surface area contributed by atoms with Gasteiger partial charge in [0.25, 0.3) is 0 Å². The average Bonchev–Trinajstić information content (AvgIpc) is 2.69. The van der Waals surface area contributed by atoms with Crippen LogP contribution in [0.5, 0.6) is 0 Å². The Hall–Kier alpha value is -1.80. The van der Waals surface area contributed by atoms with E-state index in [9.17, 15) is 13.2 Å². The highest BCUT2D eigenvalue weighted by Crippen LogP contribution is 2.16. The molecule has 29 heavy (non-hydrogen) atoms. The van der Waals surface area contributed by atoms with Gasteiger partial charge in [0.15, 0.2) is 5.96 Å². The van der Waals surface area contributed by atoms with Gasteiger partial charge in [0.2, 0.25) is 0 Å². The van der Waals surface area contributed by atoms with E-state index < -0.39 is 12.8 Å². The lowest BCUT2D eigenvalue weighted by Crippen LogP contribution is -2.41. The Morgan fingerprint density at radius 3 is 2.55 bits per heavy atom. The molecule has 2 N–H and O–H groups in total. The molecule has 1 atom stereocenters. The Labute approximate surface area is 171 Å². The standard InChI is InChI=1S/C21H33F3N4O/c1-17-6-3-4-12-28(17)13-5-11-26-20(25-2)27-14-18-7-9-19(10-8-18)15-29-16-21(22,23)24/h7-10,17H,3-6,11-16H2,1-2H3,(H2,25,26,27). The summed E-state index contributed by atoms with van der Waals surface area (Å²) in [6.45, 7) is 4.78. The third-order valence-electron chi connectivity index (χ3n) is 5.10. The fourth-order valence-corrected chi connectivity index (χ4v) is 3.42. The molecular formula is C21H33F3N4O. The lowest BCUT2D eigenvalue weighted by Gasteiger charge is -2.33. The van der Waals surface area contributed by atoms with E-state index in [2.05, 4.69) is 32.2 Å². The molecule has 0 saturated carbocycles. The molecule has 5 nitrogen and oxygen atoms in total. The molecule has 0 aliphatic carbocycles. The van der Waals surface area contributed by atoms with Gasteiger partial charge >= 0.3 is 6.18 Å². The Kier molecular flexibility index (Phi) is 9.73. The summed E-state index contributed by atoms with van der Waals surface area (Å²) in [5.41, 5.74) is 1.74. The van der Waals surface area contributed by atoms with Crippen molar-refractivity contribution in [3.63, 3.8) is 0 Å². The summed E-state index contributed by atoms with van der Waals surface area (Å²) in [5.74, 6) is 0.745. The molecule has 0 radical (unpaired) electrons. The second kappa shape index (κ2) is 12.0. The molecule has 1 saturated heterocycles. The number of piperidine rings is 1. The van der Waals surface area contributed by atoms with Crippen LogP contribution < -0.4 is 10.6 Å². The summed E-state index contributed by atoms with van der Waals surface area (Å²) < 4.78 is 41.0. The largest absolute Gasteiger partial charge is 0.411 e. The maximum atomic E-state index is 12.1. The molecule has 1 aliphatic heterocycles. The minimum Gasteiger partial charge on any atom is -0.367 e. The number of benzene rings is 1. The van der Waals surface area contributed by atoms with Crippen LogP contribution in [-0.2, 0) is 17.9 Å². The number of hydrogen-bond acceptors (Lipinski definition) is 3. The van der Waals surface area contributed by atoms with Gasteiger partial charge in [0.1, 0.15) is 6.61 Å². The number of nitrogens with one attached hydrogen (secondary N) is 2. The molecule has 0 spiro atoms. The van der Waals surface area contributed by atoms with E-state index >= 15 is 0 Å². The summed E-state index contributed by atoms with van der Waals surface area (Å²) in [4.78, 5) is 6.79. The van der Waals surface area contributed by atoms with Crippen LogP contribution in [0.1, 0.15) is 43.7 Å². The van der Waals surface area contributed by atoms with Crippen molar-refractivity contribution in [1.82, 2.24) is 15.5 Å². The van der Waals surface area contributed by atoms with Crippen LogP contribution in [0.3, 0.4) is 0 Å². The molecule has 1 heterocycles. The van der Waals surface area contributed by atoms with Gasteiger partial charge < -0.3 is 20.3 Å². The van der Waals surface area contributed by atoms with Gasteiger partial charge in [-0.05, 0) is 43.9 Å². The predicted molar refractivity (Wildman–Crippen MR) is 110 cm³/mol. The van der Waals surface area contributed by atoms with Crippen LogP contribution in [0, 0.1) is 0 Å². The average molecular weight is 415 g/mol. The van der Waals surface area contributed by atoms with Crippen LogP contribution in [0.2, 0.25) is 0 Å². The van der Waals surface area contributed by atoms with Crippen molar-refractivity contribution in [2.24, 2.45) is 4.99 Å². The number of alkyl halides is 3. The predicted octanol–water partition coefficient (Wildman–Crippen LogP) is 3.70. The lowest BCUT2D eigenvalue weighted by molar-refractivity contribution is -0.176. The van der Waals surface area contributed by atoms with Gasteiger partial charge in [-0.15, -0.1) is 0 Å². The second-order valence-electron chi connectivity index (χ2n) is 7.51. The zero-order chi connectivity index (χ0) is 21.1. The third kappa shape index (κ3) is 9.49. The van der Waals surface area contributed by atoms with E-state index in [-0.39, 0.29) is 6.61 Å². The number of aliphatic imine (C=N–C) groups is 1. The van der Waals surface area contributed by atoms with Gasteiger partial charge in [-0.2, -0.15) is 13.2 Å². The van der Waals surface area contributed by atoms with Crippen molar-refractivity contribution in [3.8, 4) is 0 Å². The lowest BCUT2D eigenvalue weighted by atomic mass is 10.0. The van der Waals surface area contributed by atoms with Crippen molar-refractivity contribution in [1.29, 1.82) is 0 Å². The number of rotatable bonds is 9. The minimum atomic E-state index is -4.29. The van der Waals surface area contributed by atoms with E-state index in [0.717, 1.165) is 31.0 Å². The normalized spacial score (nSPS) is 18.7. The first kappa shape index (κ1) is 23.5. The topological polar surface area (TPSA) is 48.9 Å². The molecule has 8 heteroatoms. The third-order valence-corrected chi connectivity index (χ3v) is 5.10. The van der Waals surface area contributed by atoms with Gasteiger partial charge in [-0.3, -0.25) is 4.99 Å². The van der Waals surface area contributed by atoms with Crippen LogP contribution in [0.4, 0.5) is 13.2 Å². The summed E-state index contributed by atoms with van der Waals surface area (Å²) in [6, 6.07) is 8.00. The number of nitrogens with zero attached hydrogens (tertiary/aromatic N) is 2.